The van der Waals surface area contributed by atoms with Gasteiger partial charge in [-0.15, -0.1) is 0 Å². The summed E-state index contributed by atoms with van der Waals surface area (Å²) in [5.41, 5.74) is 13.1. The van der Waals surface area contributed by atoms with Gasteiger partial charge in [-0.25, -0.2) is 0 Å². The summed E-state index contributed by atoms with van der Waals surface area (Å²) in [5.74, 6) is 0. The average molecular weight is 215 g/mol. The summed E-state index contributed by atoms with van der Waals surface area (Å²) >= 11 is 3.35. The first-order valence-corrected chi connectivity index (χ1v) is 4.28. The Bertz CT molecular complexity index is 248. The van der Waals surface area contributed by atoms with Gasteiger partial charge in [-0.1, -0.05) is 12.1 Å². The topological polar surface area (TPSA) is 52.0 Å². The van der Waals surface area contributed by atoms with Crippen LogP contribution in [0.25, 0.3) is 0 Å². The smallest absolute Gasteiger partial charge is 0.0491 e. The number of hydrogen-bond donors (Lipinski definition) is 2. The largest absolute Gasteiger partial charge is 0.398 e. The second-order valence-corrected chi connectivity index (χ2v) is 3.21. The van der Waals surface area contributed by atoms with Crippen molar-refractivity contribution in [1.29, 1.82) is 0 Å². The highest BCUT2D eigenvalue weighted by Gasteiger charge is 1.99. The molecule has 0 saturated heterocycles. The molecule has 0 aromatic heterocycles. The lowest BCUT2D eigenvalue weighted by Gasteiger charge is -2.04. The van der Waals surface area contributed by atoms with E-state index in [1.165, 1.54) is 0 Å². The van der Waals surface area contributed by atoms with E-state index in [1.807, 2.05) is 18.2 Å². The Morgan fingerprint density at radius 1 is 1.36 bits per heavy atom. The number of halogens is 1. The predicted octanol–water partition coefficient (Wildman–Crippen LogP) is 1.53. The lowest BCUT2D eigenvalue weighted by molar-refractivity contribution is 0.970. The van der Waals surface area contributed by atoms with Gasteiger partial charge in [-0.05, 0) is 40.5 Å². The van der Waals surface area contributed by atoms with Crippen molar-refractivity contribution in [3.05, 3.63) is 28.2 Å². The van der Waals surface area contributed by atoms with Crippen molar-refractivity contribution in [3.8, 4) is 0 Å². The third-order valence-electron chi connectivity index (χ3n) is 1.56. The Kier molecular flexibility index (Phi) is 2.91. The minimum absolute atomic E-state index is 0.640. The van der Waals surface area contributed by atoms with Gasteiger partial charge in [-0.3, -0.25) is 0 Å². The van der Waals surface area contributed by atoms with E-state index in [1.54, 1.807) is 0 Å². The minimum atomic E-state index is 0.640. The Morgan fingerprint density at radius 2 is 2.09 bits per heavy atom. The van der Waals surface area contributed by atoms with Crippen LogP contribution >= 0.6 is 15.9 Å². The fourth-order valence-corrected chi connectivity index (χ4v) is 1.36. The zero-order chi connectivity index (χ0) is 8.27. The maximum absolute atomic E-state index is 5.77. The highest BCUT2D eigenvalue weighted by molar-refractivity contribution is 9.10. The Hall–Kier alpha value is -0.540. The Labute approximate surface area is 74.7 Å². The van der Waals surface area contributed by atoms with E-state index in [-0.39, 0.29) is 0 Å². The van der Waals surface area contributed by atoms with Gasteiger partial charge in [0.15, 0.2) is 0 Å². The first-order valence-electron chi connectivity index (χ1n) is 3.48. The quantitative estimate of drug-likeness (QED) is 0.735. The van der Waals surface area contributed by atoms with E-state index >= 15 is 0 Å². The molecule has 0 bridgehead atoms. The monoisotopic (exact) mass is 214 g/mol. The molecule has 2 nitrogen and oxygen atoms in total. The number of anilines is 1. The molecule has 4 N–H and O–H groups in total. The van der Waals surface area contributed by atoms with E-state index in [0.717, 1.165) is 22.1 Å². The van der Waals surface area contributed by atoms with E-state index in [9.17, 15) is 0 Å². The van der Waals surface area contributed by atoms with Crippen LogP contribution in [0.3, 0.4) is 0 Å². The highest BCUT2D eigenvalue weighted by atomic mass is 79.9. The molecule has 1 aromatic rings. The number of benzene rings is 1. The van der Waals surface area contributed by atoms with E-state index < -0.39 is 0 Å². The Morgan fingerprint density at radius 3 is 2.73 bits per heavy atom. The minimum Gasteiger partial charge on any atom is -0.398 e. The molecule has 0 aliphatic carbocycles. The normalized spacial score (nSPS) is 10.0. The van der Waals surface area contributed by atoms with Crippen LogP contribution in [-0.4, -0.2) is 6.54 Å². The summed E-state index contributed by atoms with van der Waals surface area (Å²) in [4.78, 5) is 0. The van der Waals surface area contributed by atoms with E-state index in [0.29, 0.717) is 6.54 Å². The number of rotatable bonds is 2. The first-order chi connectivity index (χ1) is 5.25. The van der Waals surface area contributed by atoms with Crippen molar-refractivity contribution >= 4 is 21.6 Å². The molecule has 0 amide bonds. The van der Waals surface area contributed by atoms with Crippen LogP contribution in [0.4, 0.5) is 5.69 Å². The van der Waals surface area contributed by atoms with Gasteiger partial charge >= 0.3 is 0 Å². The Balaban J connectivity index is 2.96. The van der Waals surface area contributed by atoms with Crippen LogP contribution in [0.1, 0.15) is 5.56 Å². The molecule has 0 aliphatic heterocycles. The molecule has 0 spiro atoms. The fourth-order valence-electron chi connectivity index (χ4n) is 0.955. The van der Waals surface area contributed by atoms with Crippen molar-refractivity contribution in [1.82, 2.24) is 0 Å². The first kappa shape index (κ1) is 8.56. The van der Waals surface area contributed by atoms with Gasteiger partial charge in [-0.2, -0.15) is 0 Å². The lowest BCUT2D eigenvalue weighted by atomic mass is 10.1. The van der Waals surface area contributed by atoms with Crippen molar-refractivity contribution in [2.75, 3.05) is 12.3 Å². The molecule has 0 atom stereocenters. The molecule has 0 unspecified atom stereocenters. The number of hydrogen-bond acceptors (Lipinski definition) is 2. The molecular weight excluding hydrogens is 204 g/mol. The molecule has 0 fully saturated rings. The van der Waals surface area contributed by atoms with Crippen LogP contribution in [0.2, 0.25) is 0 Å². The van der Waals surface area contributed by atoms with Crippen LogP contribution in [0, 0.1) is 0 Å². The molecule has 0 saturated carbocycles. The summed E-state index contributed by atoms with van der Waals surface area (Å²) in [5, 5.41) is 0. The molecule has 0 heterocycles. The third kappa shape index (κ3) is 1.94. The van der Waals surface area contributed by atoms with E-state index in [2.05, 4.69) is 15.9 Å². The van der Waals surface area contributed by atoms with Gasteiger partial charge in [0.2, 0.25) is 0 Å². The van der Waals surface area contributed by atoms with Crippen molar-refractivity contribution in [2.24, 2.45) is 5.73 Å². The highest BCUT2D eigenvalue weighted by Crippen LogP contribution is 2.22. The fraction of sp³-hybridized carbons (Fsp3) is 0.250. The number of nitrogens with two attached hydrogens (primary N) is 2. The van der Waals surface area contributed by atoms with Crippen molar-refractivity contribution in [2.45, 2.75) is 6.42 Å². The van der Waals surface area contributed by atoms with Gasteiger partial charge in [0, 0.05) is 10.2 Å². The van der Waals surface area contributed by atoms with E-state index in [4.69, 9.17) is 11.5 Å². The van der Waals surface area contributed by atoms with Gasteiger partial charge in [0.05, 0.1) is 0 Å². The number of nitrogen functional groups attached to an aromatic ring is 1. The van der Waals surface area contributed by atoms with Gasteiger partial charge in [0.1, 0.15) is 0 Å². The molecule has 11 heavy (non-hydrogen) atoms. The maximum atomic E-state index is 5.77. The van der Waals surface area contributed by atoms with Gasteiger partial charge in [0.25, 0.3) is 0 Å². The third-order valence-corrected chi connectivity index (χ3v) is 2.25. The zero-order valence-electron chi connectivity index (χ0n) is 6.18. The van der Waals surface area contributed by atoms with Crippen LogP contribution < -0.4 is 11.5 Å². The second-order valence-electron chi connectivity index (χ2n) is 2.35. The molecule has 1 aromatic carbocycles. The van der Waals surface area contributed by atoms with Crippen molar-refractivity contribution < 1.29 is 0 Å². The SMILES string of the molecule is NCCc1cccc(Br)c1N. The molecule has 0 aliphatic rings. The summed E-state index contributed by atoms with van der Waals surface area (Å²) in [6.45, 7) is 0.640. The summed E-state index contributed by atoms with van der Waals surface area (Å²) < 4.78 is 0.948. The second kappa shape index (κ2) is 3.74. The predicted molar refractivity (Wildman–Crippen MR) is 51.3 cm³/mol. The summed E-state index contributed by atoms with van der Waals surface area (Å²) in [6.07, 6.45) is 0.839. The molecular formula is C8H11BrN2. The summed E-state index contributed by atoms with van der Waals surface area (Å²) in [7, 11) is 0. The van der Waals surface area contributed by atoms with Crippen LogP contribution in [0.5, 0.6) is 0 Å². The zero-order valence-corrected chi connectivity index (χ0v) is 7.76. The maximum Gasteiger partial charge on any atom is 0.0491 e. The standard InChI is InChI=1S/C8H11BrN2/c9-7-3-1-2-6(4-5-10)8(7)11/h1-3H,4-5,10-11H2. The average Bonchev–Trinajstić information content (AvgIpc) is 1.99. The van der Waals surface area contributed by atoms with Crippen molar-refractivity contribution in [3.63, 3.8) is 0 Å². The van der Waals surface area contributed by atoms with Gasteiger partial charge < -0.3 is 11.5 Å². The van der Waals surface area contributed by atoms with Crippen LogP contribution in [0.15, 0.2) is 22.7 Å². The summed E-state index contributed by atoms with van der Waals surface area (Å²) in [6, 6.07) is 5.88. The number of para-hydroxylation sites is 1. The lowest BCUT2D eigenvalue weighted by Crippen LogP contribution is -2.05. The van der Waals surface area contributed by atoms with Crippen LogP contribution in [-0.2, 0) is 6.42 Å². The molecule has 60 valence electrons. The molecule has 3 heteroatoms. The molecule has 1 rings (SSSR count). The molecule has 0 radical (unpaired) electrons.